The van der Waals surface area contributed by atoms with Crippen LogP contribution in [0.4, 0.5) is 4.79 Å². The van der Waals surface area contributed by atoms with Crippen molar-refractivity contribution in [3.63, 3.8) is 0 Å². The van der Waals surface area contributed by atoms with Crippen molar-refractivity contribution in [1.29, 1.82) is 0 Å². The lowest BCUT2D eigenvalue weighted by Gasteiger charge is -2.27. The molecule has 79 heavy (non-hydrogen) atoms. The quantitative estimate of drug-likeness (QED) is 0.0260. The van der Waals surface area contributed by atoms with Gasteiger partial charge >= 0.3 is 29.9 Å². The van der Waals surface area contributed by atoms with E-state index in [1.807, 2.05) is 0 Å². The predicted octanol–water partition coefficient (Wildman–Crippen LogP) is 3.71. The van der Waals surface area contributed by atoms with Crippen molar-refractivity contribution in [1.82, 2.24) is 37.2 Å². The smallest absolute Gasteiger partial charge is 0.329 e. The number of amides is 7. The Morgan fingerprint density at radius 2 is 0.949 bits per heavy atom. The van der Waals surface area contributed by atoms with Crippen LogP contribution in [0.1, 0.15) is 174 Å². The van der Waals surface area contributed by atoms with E-state index in [2.05, 4.69) is 37.2 Å². The number of hydrogen-bond acceptors (Lipinski definition) is 16. The van der Waals surface area contributed by atoms with E-state index in [1.54, 1.807) is 88.3 Å². The zero-order chi connectivity index (χ0) is 59.8. The SMILES string of the molecule is CC(C)[C@H](NC(=O)[C@@H](N)CCCCNC(=O)CCOCCOCCNC(=O)c1ccc(C(=O)NCCCCC(=O)NCCCC[C@H](NC(=O)N[C@@H](CCC(=O)OC(C)(C)C)C(=O)OC(C)(C)C)C(=O)OC(C)(C)C)cc1)C(=O)O. The second kappa shape index (κ2) is 36.7. The molecule has 24 nitrogen and oxygen atoms in total. The van der Waals surface area contributed by atoms with Crippen LogP contribution < -0.4 is 43.0 Å². The summed E-state index contributed by atoms with van der Waals surface area (Å²) in [5.41, 5.74) is 4.14. The van der Waals surface area contributed by atoms with Gasteiger partial charge in [-0.15, -0.1) is 0 Å². The average molecular weight is 1120 g/mol. The van der Waals surface area contributed by atoms with Crippen LogP contribution in [0.25, 0.3) is 0 Å². The largest absolute Gasteiger partial charge is 0.480 e. The number of rotatable bonds is 37. The lowest BCUT2D eigenvalue weighted by molar-refractivity contribution is -0.159. The number of nitrogens with one attached hydrogen (secondary N) is 7. The van der Waals surface area contributed by atoms with Crippen molar-refractivity contribution in [2.75, 3.05) is 52.6 Å². The van der Waals surface area contributed by atoms with Crippen molar-refractivity contribution >= 4 is 59.4 Å². The number of urea groups is 1. The molecular weight excluding hydrogens is 1030 g/mol. The fraction of sp³-hybridized carbons (Fsp3) is 0.709. The van der Waals surface area contributed by atoms with Crippen LogP contribution in [-0.2, 0) is 57.2 Å². The number of unbranched alkanes of at least 4 members (excludes halogenated alkanes) is 3. The first-order chi connectivity index (χ1) is 36.9. The van der Waals surface area contributed by atoms with Gasteiger partial charge in [-0.05, 0) is 150 Å². The van der Waals surface area contributed by atoms with Crippen LogP contribution in [0, 0.1) is 5.92 Å². The predicted molar refractivity (Wildman–Crippen MR) is 293 cm³/mol. The van der Waals surface area contributed by atoms with E-state index in [4.69, 9.17) is 29.4 Å². The van der Waals surface area contributed by atoms with E-state index in [0.717, 1.165) is 0 Å². The van der Waals surface area contributed by atoms with Crippen molar-refractivity contribution < 1.29 is 76.7 Å². The maximum Gasteiger partial charge on any atom is 0.329 e. The van der Waals surface area contributed by atoms with Gasteiger partial charge in [0.05, 0.1) is 32.5 Å². The second-order valence-electron chi connectivity index (χ2n) is 22.3. The molecule has 1 rings (SSSR count). The Balaban J connectivity index is 2.33. The minimum absolute atomic E-state index is 0.106. The summed E-state index contributed by atoms with van der Waals surface area (Å²) >= 11 is 0. The Hall–Kier alpha value is -6.40. The fourth-order valence-corrected chi connectivity index (χ4v) is 7.07. The van der Waals surface area contributed by atoms with Crippen molar-refractivity contribution in [3.05, 3.63) is 35.4 Å². The molecule has 0 aliphatic rings. The molecule has 0 fully saturated rings. The second-order valence-corrected chi connectivity index (χ2v) is 22.3. The standard InChI is InChI=1S/C55H92N8O16/c1-36(2)45(49(70)71)63-48(69)39(56)18-12-15-28-58-43(65)27-32-75-34-35-76-33-31-60-47(68)38-23-21-37(22-24-38)46(67)59-30-17-14-20-42(64)57-29-16-13-19-40(50(72)78-54(6,7)8)61-52(74)62-41(51(73)79-55(9,10)11)25-26-44(66)77-53(3,4)5/h21-24,36,39-41,45H,12-20,25-35,56H2,1-11H3,(H,57,64)(H,58,65)(H,59,67)(H,60,68)(H,63,69)(H,70,71)(H2,61,62,74)/t39-,40-,41-,45-/m0/s1. The van der Waals surface area contributed by atoms with E-state index >= 15 is 0 Å². The Morgan fingerprint density at radius 1 is 0.506 bits per heavy atom. The van der Waals surface area contributed by atoms with Gasteiger partial charge in [-0.25, -0.2) is 19.2 Å². The molecule has 0 aromatic heterocycles. The molecule has 448 valence electrons. The molecule has 0 saturated heterocycles. The molecule has 1 aromatic carbocycles. The highest BCUT2D eigenvalue weighted by atomic mass is 16.6. The normalized spacial score (nSPS) is 13.1. The average Bonchev–Trinajstić information content (AvgIpc) is 3.33. The number of aliphatic carboxylic acids is 1. The molecule has 0 saturated carbocycles. The highest BCUT2D eigenvalue weighted by molar-refractivity contribution is 5.98. The number of carbonyl (C=O) groups is 10. The monoisotopic (exact) mass is 1120 g/mol. The summed E-state index contributed by atoms with van der Waals surface area (Å²) in [6.07, 6.45) is 3.72. The molecule has 0 heterocycles. The van der Waals surface area contributed by atoms with Crippen molar-refractivity contribution in [2.24, 2.45) is 11.7 Å². The number of nitrogens with two attached hydrogens (primary N) is 1. The van der Waals surface area contributed by atoms with Crippen LogP contribution >= 0.6 is 0 Å². The molecule has 0 aliphatic heterocycles. The Kier molecular flexibility index (Phi) is 32.8. The van der Waals surface area contributed by atoms with Gasteiger partial charge in [0.25, 0.3) is 11.8 Å². The first kappa shape index (κ1) is 70.6. The van der Waals surface area contributed by atoms with Gasteiger partial charge in [0.15, 0.2) is 0 Å². The van der Waals surface area contributed by atoms with E-state index in [-0.39, 0.29) is 94.6 Å². The third-order valence-corrected chi connectivity index (χ3v) is 11.0. The topological polar surface area (TPSA) is 347 Å². The maximum atomic E-state index is 13.2. The van der Waals surface area contributed by atoms with E-state index in [0.29, 0.717) is 75.7 Å². The lowest BCUT2D eigenvalue weighted by atomic mass is 10.0. The summed E-state index contributed by atoms with van der Waals surface area (Å²) in [5.74, 6) is -4.97. The molecule has 4 atom stereocenters. The molecule has 24 heteroatoms. The Bertz CT molecular complexity index is 2100. The number of esters is 3. The minimum Gasteiger partial charge on any atom is -0.480 e. The highest BCUT2D eigenvalue weighted by Gasteiger charge is 2.32. The van der Waals surface area contributed by atoms with Crippen LogP contribution in [0.3, 0.4) is 0 Å². The van der Waals surface area contributed by atoms with Gasteiger partial charge in [0.1, 0.15) is 34.9 Å². The van der Waals surface area contributed by atoms with Gasteiger partial charge in [-0.3, -0.25) is 28.8 Å². The third kappa shape index (κ3) is 35.0. The van der Waals surface area contributed by atoms with Crippen LogP contribution in [0.2, 0.25) is 0 Å². The molecule has 10 N–H and O–H groups in total. The van der Waals surface area contributed by atoms with E-state index in [1.165, 1.54) is 12.1 Å². The molecule has 0 bridgehead atoms. The highest BCUT2D eigenvalue weighted by Crippen LogP contribution is 2.16. The molecule has 7 amide bonds. The summed E-state index contributed by atoms with van der Waals surface area (Å²) in [6, 6.07) is 1.16. The Labute approximate surface area is 465 Å². The van der Waals surface area contributed by atoms with Crippen molar-refractivity contribution in [2.45, 2.75) is 194 Å². The summed E-state index contributed by atoms with van der Waals surface area (Å²) in [7, 11) is 0. The molecule has 0 spiro atoms. The summed E-state index contributed by atoms with van der Waals surface area (Å²) < 4.78 is 27.3. The number of carboxylic acids is 1. The maximum absolute atomic E-state index is 13.2. The van der Waals surface area contributed by atoms with Crippen molar-refractivity contribution in [3.8, 4) is 0 Å². The first-order valence-corrected chi connectivity index (χ1v) is 27.3. The van der Waals surface area contributed by atoms with Gasteiger partial charge in [-0.1, -0.05) is 13.8 Å². The lowest BCUT2D eigenvalue weighted by Crippen LogP contribution is -2.53. The van der Waals surface area contributed by atoms with Gasteiger partial charge in [0.2, 0.25) is 17.7 Å². The molecule has 0 aliphatic carbocycles. The molecule has 1 aromatic rings. The molecule has 0 radical (unpaired) electrons. The molecular formula is C55H92N8O16. The molecule has 0 unspecified atom stereocenters. The van der Waals surface area contributed by atoms with Crippen LogP contribution in [0.5, 0.6) is 0 Å². The summed E-state index contributed by atoms with van der Waals surface area (Å²) in [5, 5.41) is 28.0. The number of hydrogen-bond donors (Lipinski definition) is 9. The first-order valence-electron chi connectivity index (χ1n) is 27.3. The number of carboxylic acid groups (broad SMARTS) is 1. The zero-order valence-corrected chi connectivity index (χ0v) is 48.5. The van der Waals surface area contributed by atoms with Crippen LogP contribution in [-0.4, -0.2) is 158 Å². The van der Waals surface area contributed by atoms with Gasteiger partial charge in [-0.2, -0.15) is 0 Å². The van der Waals surface area contributed by atoms with Crippen LogP contribution in [0.15, 0.2) is 24.3 Å². The number of ether oxygens (including phenoxy) is 5. The number of benzene rings is 1. The zero-order valence-electron chi connectivity index (χ0n) is 48.5. The van der Waals surface area contributed by atoms with E-state index in [9.17, 15) is 53.1 Å². The minimum atomic E-state index is -1.22. The Morgan fingerprint density at radius 3 is 1.44 bits per heavy atom. The van der Waals surface area contributed by atoms with Gasteiger partial charge in [0, 0.05) is 56.6 Å². The summed E-state index contributed by atoms with van der Waals surface area (Å²) in [4.78, 5) is 125. The fourth-order valence-electron chi connectivity index (χ4n) is 7.07. The summed E-state index contributed by atoms with van der Waals surface area (Å²) in [6.45, 7) is 20.8. The van der Waals surface area contributed by atoms with E-state index < -0.39 is 76.8 Å². The number of carbonyl (C=O) groups excluding carboxylic acids is 9. The van der Waals surface area contributed by atoms with Gasteiger partial charge < -0.3 is 71.7 Å². The third-order valence-electron chi connectivity index (χ3n) is 11.0.